The molecule has 0 saturated carbocycles. The van der Waals surface area contributed by atoms with Crippen molar-refractivity contribution in [2.75, 3.05) is 0 Å². The fraction of sp³-hybridized carbons (Fsp3) is 0.0149. The first-order valence-electron chi connectivity index (χ1n) is 23.7. The Balaban J connectivity index is 1.07. The molecule has 1 nitrogen and oxygen atoms in total. The summed E-state index contributed by atoms with van der Waals surface area (Å²) < 4.78 is 5.12. The number of nitrogens with zero attached hydrogens (tertiary/aromatic N) is 1. The lowest BCUT2D eigenvalue weighted by atomic mass is 9.88. The van der Waals surface area contributed by atoms with E-state index in [0.717, 1.165) is 0 Å². The topological polar surface area (TPSA) is 4.93 Å². The van der Waals surface area contributed by atoms with Crippen LogP contribution in [0.4, 0.5) is 0 Å². The molecule has 0 amide bonds. The number of aromatic nitrogens is 1. The van der Waals surface area contributed by atoms with E-state index in [9.17, 15) is 0 Å². The number of para-hydroxylation sites is 1. The largest absolute Gasteiger partial charge is 0.343 e. The third kappa shape index (κ3) is 7.08. The summed E-state index contributed by atoms with van der Waals surface area (Å²) in [5.74, 6) is 0. The Morgan fingerprint density at radius 1 is 0.261 bits per heavy atom. The lowest BCUT2D eigenvalue weighted by molar-refractivity contribution is 1.02. The molecular formula is C67H45NS. The van der Waals surface area contributed by atoms with Crippen LogP contribution in [0.2, 0.25) is 0 Å². The molecule has 324 valence electrons. The Hall–Kier alpha value is -8.56. The average molecular weight is 896 g/mol. The van der Waals surface area contributed by atoms with Crippen molar-refractivity contribution in [2.24, 2.45) is 7.05 Å². The molecule has 13 aromatic rings. The van der Waals surface area contributed by atoms with Crippen LogP contribution < -0.4 is 0 Å². The molecule has 13 rings (SSSR count). The van der Waals surface area contributed by atoms with E-state index in [0.29, 0.717) is 0 Å². The molecule has 0 aliphatic heterocycles. The van der Waals surface area contributed by atoms with E-state index >= 15 is 0 Å². The summed E-state index contributed by atoms with van der Waals surface area (Å²) in [5.41, 5.74) is 21.7. The molecule has 0 aliphatic carbocycles. The van der Waals surface area contributed by atoms with Crippen molar-refractivity contribution in [3.63, 3.8) is 0 Å². The summed E-state index contributed by atoms with van der Waals surface area (Å²) in [7, 11) is 2.29. The van der Waals surface area contributed by atoms with Crippen molar-refractivity contribution < 1.29 is 0 Å². The molecular weight excluding hydrogens is 851 g/mol. The van der Waals surface area contributed by atoms with Gasteiger partial charge in [0.15, 0.2) is 0 Å². The van der Waals surface area contributed by atoms with Gasteiger partial charge in [0, 0.05) is 49.1 Å². The molecule has 0 atom stereocenters. The number of fused-ring (bicyclic) bond motifs is 7. The van der Waals surface area contributed by atoms with Crippen LogP contribution in [0.25, 0.3) is 131 Å². The molecule has 69 heavy (non-hydrogen) atoms. The number of rotatable bonds is 8. The van der Waals surface area contributed by atoms with Crippen LogP contribution >= 0.6 is 11.3 Å². The molecule has 0 aliphatic rings. The lowest BCUT2D eigenvalue weighted by Gasteiger charge is -2.17. The molecule has 11 aromatic carbocycles. The molecule has 0 fully saturated rings. The van der Waals surface area contributed by atoms with Crippen LogP contribution in [-0.4, -0.2) is 4.57 Å². The second-order valence-corrected chi connectivity index (χ2v) is 19.1. The van der Waals surface area contributed by atoms with Gasteiger partial charge < -0.3 is 4.57 Å². The quantitative estimate of drug-likeness (QED) is 0.143. The van der Waals surface area contributed by atoms with E-state index in [-0.39, 0.29) is 0 Å². The van der Waals surface area contributed by atoms with E-state index < -0.39 is 0 Å². The van der Waals surface area contributed by atoms with E-state index in [4.69, 9.17) is 0 Å². The zero-order valence-electron chi connectivity index (χ0n) is 38.1. The Kier molecular flexibility index (Phi) is 10.00. The number of benzene rings is 11. The van der Waals surface area contributed by atoms with Gasteiger partial charge in [0.25, 0.3) is 0 Å². The van der Waals surface area contributed by atoms with Crippen molar-refractivity contribution in [3.05, 3.63) is 255 Å². The predicted octanol–water partition coefficient (Wildman–Crippen LogP) is 19.0. The van der Waals surface area contributed by atoms with E-state index in [1.807, 2.05) is 11.3 Å². The average Bonchev–Trinajstić information content (AvgIpc) is 3.96. The fourth-order valence-electron chi connectivity index (χ4n) is 10.8. The molecule has 2 heterocycles. The van der Waals surface area contributed by atoms with Crippen molar-refractivity contribution in [1.29, 1.82) is 0 Å². The zero-order chi connectivity index (χ0) is 45.8. The first-order valence-corrected chi connectivity index (χ1v) is 24.5. The smallest absolute Gasteiger partial charge is 0.0583 e. The predicted molar refractivity (Wildman–Crippen MR) is 297 cm³/mol. The Morgan fingerprint density at radius 2 is 0.638 bits per heavy atom. The second kappa shape index (κ2) is 16.9. The molecule has 0 bridgehead atoms. The highest BCUT2D eigenvalue weighted by atomic mass is 32.1. The monoisotopic (exact) mass is 895 g/mol. The Bertz CT molecular complexity index is 3930. The summed E-state index contributed by atoms with van der Waals surface area (Å²) in [4.78, 5) is 0. The maximum atomic E-state index is 2.50. The van der Waals surface area contributed by atoms with Crippen molar-refractivity contribution in [3.8, 4) is 89.0 Å². The highest BCUT2D eigenvalue weighted by Crippen LogP contribution is 2.50. The summed E-state index contributed by atoms with van der Waals surface area (Å²) in [6.45, 7) is 0. The Morgan fingerprint density at radius 3 is 1.13 bits per heavy atom. The van der Waals surface area contributed by atoms with Gasteiger partial charge in [0.05, 0.1) is 11.0 Å². The number of thiophene rings is 1. The third-order valence-corrected chi connectivity index (χ3v) is 15.2. The number of hydrogen-bond acceptors (Lipinski definition) is 1. The minimum atomic E-state index is 1.19. The molecule has 2 aromatic heterocycles. The maximum Gasteiger partial charge on any atom is 0.0583 e. The van der Waals surface area contributed by atoms with E-state index in [2.05, 4.69) is 266 Å². The number of hydrogen-bond donors (Lipinski definition) is 0. The van der Waals surface area contributed by atoms with E-state index in [1.54, 1.807) is 0 Å². The minimum Gasteiger partial charge on any atom is -0.343 e. The van der Waals surface area contributed by atoms with Crippen LogP contribution in [-0.2, 0) is 7.05 Å². The molecule has 0 spiro atoms. The summed E-state index contributed by atoms with van der Waals surface area (Å²) >= 11 is 1.91. The van der Waals surface area contributed by atoms with Gasteiger partial charge in [-0.15, -0.1) is 11.3 Å². The van der Waals surface area contributed by atoms with Crippen LogP contribution in [0.1, 0.15) is 0 Å². The van der Waals surface area contributed by atoms with Gasteiger partial charge in [0.2, 0.25) is 0 Å². The number of aryl methyl sites for hydroxylation is 1. The van der Waals surface area contributed by atoms with Gasteiger partial charge in [-0.3, -0.25) is 0 Å². The van der Waals surface area contributed by atoms with Crippen molar-refractivity contribution in [2.45, 2.75) is 0 Å². The normalized spacial score (nSPS) is 11.6. The standard InChI is InChI=1S/C67H45NS/c1-68-65-59(56-31-16-14-29-54(56)52-39-48(44-21-6-2-7-22-44)37-49(40-52)45-23-8-3-9-24-45)34-20-35-60(65)64-66(68)61(43-62-58-33-18-19-36-63(58)69-67(62)64)57-32-17-15-30-55(57)53-41-50(46-25-10-4-11-26-46)38-51(42-53)47-27-12-5-13-28-47/h2-43H,1H3. The van der Waals surface area contributed by atoms with E-state index in [1.165, 1.54) is 131 Å². The van der Waals surface area contributed by atoms with Crippen LogP contribution in [0.3, 0.4) is 0 Å². The minimum absolute atomic E-state index is 1.19. The molecule has 0 radical (unpaired) electrons. The molecule has 0 saturated heterocycles. The van der Waals surface area contributed by atoms with Gasteiger partial charge in [0.1, 0.15) is 0 Å². The van der Waals surface area contributed by atoms with Crippen LogP contribution in [0.15, 0.2) is 255 Å². The Labute approximate surface area is 406 Å². The van der Waals surface area contributed by atoms with Crippen molar-refractivity contribution >= 4 is 53.3 Å². The fourth-order valence-corrected chi connectivity index (χ4v) is 12.0. The summed E-state index contributed by atoms with van der Waals surface area (Å²) in [5, 5.41) is 5.15. The summed E-state index contributed by atoms with van der Waals surface area (Å²) in [6, 6.07) is 93.7. The van der Waals surface area contributed by atoms with Crippen molar-refractivity contribution in [1.82, 2.24) is 4.57 Å². The third-order valence-electron chi connectivity index (χ3n) is 14.0. The van der Waals surface area contributed by atoms with Crippen LogP contribution in [0, 0.1) is 0 Å². The lowest BCUT2D eigenvalue weighted by Crippen LogP contribution is -1.95. The maximum absolute atomic E-state index is 2.50. The van der Waals surface area contributed by atoms with Gasteiger partial charge in [-0.05, 0) is 126 Å². The molecule has 2 heteroatoms. The SMILES string of the molecule is Cn1c2c(-c3ccccc3-c3cc(-c4ccccc4)cc(-c4ccccc4)c3)cccc2c2c3sc4ccccc4c3cc(-c3ccccc3-c3cc(-c4ccccc4)cc(-c4ccccc4)c3)c21. The highest BCUT2D eigenvalue weighted by molar-refractivity contribution is 7.26. The zero-order valence-corrected chi connectivity index (χ0v) is 38.9. The second-order valence-electron chi connectivity index (χ2n) is 18.0. The van der Waals surface area contributed by atoms with Gasteiger partial charge in [-0.1, -0.05) is 206 Å². The first kappa shape index (κ1) is 40.7. The summed E-state index contributed by atoms with van der Waals surface area (Å²) in [6.07, 6.45) is 0. The van der Waals surface area contributed by atoms with Gasteiger partial charge in [-0.25, -0.2) is 0 Å². The van der Waals surface area contributed by atoms with Gasteiger partial charge in [-0.2, -0.15) is 0 Å². The molecule has 0 N–H and O–H groups in total. The van der Waals surface area contributed by atoms with Crippen LogP contribution in [0.5, 0.6) is 0 Å². The van der Waals surface area contributed by atoms with Gasteiger partial charge >= 0.3 is 0 Å². The molecule has 0 unspecified atom stereocenters. The first-order chi connectivity index (χ1) is 34.1. The highest BCUT2D eigenvalue weighted by Gasteiger charge is 2.24.